The van der Waals surface area contributed by atoms with Crippen LogP contribution in [0.3, 0.4) is 0 Å². The molecule has 3 rings (SSSR count). The summed E-state index contributed by atoms with van der Waals surface area (Å²) in [6.45, 7) is 0. The molecule has 0 aliphatic carbocycles. The lowest BCUT2D eigenvalue weighted by molar-refractivity contribution is 0.0977. The molecule has 2 heterocycles. The van der Waals surface area contributed by atoms with Gasteiger partial charge in [0.2, 0.25) is 0 Å². The summed E-state index contributed by atoms with van der Waals surface area (Å²) in [5.74, 6) is -0.670. The number of benzene rings is 1. The van der Waals surface area contributed by atoms with Gasteiger partial charge in [-0.2, -0.15) is 0 Å². The average Bonchev–Trinajstić information content (AvgIpc) is 3.11. The number of aromatic nitrogens is 3. The second-order valence-electron chi connectivity index (χ2n) is 5.37. The number of nitrogens with zero attached hydrogens (tertiary/aromatic N) is 3. The molecule has 0 saturated heterocycles. The zero-order chi connectivity index (χ0) is 20.5. The largest absolute Gasteiger partial charge is 0.497 e. The third-order valence-corrected chi connectivity index (χ3v) is 5.72. The molecule has 1 N–H and O–H groups in total. The molecule has 0 spiro atoms. The standard InChI is InChI=1S/C16H11Cl3N4O4S/c1-27-10-2-3-11(17)13(6-10)28(25,26)22-16(24)12-7-23(8-20-12)9-4-14(18)21-15(19)5-9/h2-8H,1H3,(H,22,24). The number of amides is 1. The number of hydrogen-bond donors (Lipinski definition) is 1. The van der Waals surface area contributed by atoms with Crippen LogP contribution in [0.1, 0.15) is 10.5 Å². The topological polar surface area (TPSA) is 103 Å². The van der Waals surface area contributed by atoms with E-state index in [2.05, 4.69) is 9.97 Å². The lowest BCUT2D eigenvalue weighted by Crippen LogP contribution is -2.31. The first-order valence-electron chi connectivity index (χ1n) is 7.48. The summed E-state index contributed by atoms with van der Waals surface area (Å²) in [7, 11) is -2.88. The van der Waals surface area contributed by atoms with Crippen molar-refractivity contribution in [3.8, 4) is 11.4 Å². The fourth-order valence-electron chi connectivity index (χ4n) is 2.23. The minimum absolute atomic E-state index is 0.0623. The third-order valence-electron chi connectivity index (χ3n) is 3.52. The number of pyridine rings is 1. The summed E-state index contributed by atoms with van der Waals surface area (Å²) in [6.07, 6.45) is 2.63. The van der Waals surface area contributed by atoms with Gasteiger partial charge in [-0.1, -0.05) is 34.8 Å². The summed E-state index contributed by atoms with van der Waals surface area (Å²) in [5, 5.41) is 0.239. The van der Waals surface area contributed by atoms with Gasteiger partial charge in [-0.3, -0.25) is 4.79 Å². The van der Waals surface area contributed by atoms with Crippen molar-refractivity contribution in [3.05, 3.63) is 63.9 Å². The van der Waals surface area contributed by atoms with Crippen molar-refractivity contribution in [2.45, 2.75) is 4.90 Å². The Hall–Kier alpha value is -2.33. The number of sulfonamides is 1. The van der Waals surface area contributed by atoms with Crippen LogP contribution >= 0.6 is 34.8 Å². The molecule has 0 aliphatic rings. The van der Waals surface area contributed by atoms with Gasteiger partial charge in [0.1, 0.15) is 33.0 Å². The summed E-state index contributed by atoms with van der Waals surface area (Å²) < 4.78 is 33.4. The first-order chi connectivity index (χ1) is 13.2. The van der Waals surface area contributed by atoms with Crippen LogP contribution < -0.4 is 9.46 Å². The molecule has 0 saturated carbocycles. The molecule has 28 heavy (non-hydrogen) atoms. The highest BCUT2D eigenvalue weighted by Crippen LogP contribution is 2.26. The van der Waals surface area contributed by atoms with Crippen molar-refractivity contribution in [1.82, 2.24) is 19.3 Å². The van der Waals surface area contributed by atoms with Gasteiger partial charge in [-0.25, -0.2) is 23.1 Å². The van der Waals surface area contributed by atoms with Crippen LogP contribution in [0.25, 0.3) is 5.69 Å². The summed E-state index contributed by atoms with van der Waals surface area (Å²) in [4.78, 5) is 19.8. The molecular weight excluding hydrogens is 451 g/mol. The molecule has 1 amide bonds. The summed E-state index contributed by atoms with van der Waals surface area (Å²) in [5.41, 5.74) is 0.349. The number of halogens is 3. The van der Waals surface area contributed by atoms with E-state index < -0.39 is 15.9 Å². The zero-order valence-corrected chi connectivity index (χ0v) is 17.1. The Morgan fingerprint density at radius 3 is 2.46 bits per heavy atom. The number of hydrogen-bond acceptors (Lipinski definition) is 6. The Bertz CT molecular complexity index is 1140. The van der Waals surface area contributed by atoms with Gasteiger partial charge in [0.05, 0.1) is 17.8 Å². The van der Waals surface area contributed by atoms with Crippen molar-refractivity contribution >= 4 is 50.7 Å². The highest BCUT2D eigenvalue weighted by Gasteiger charge is 2.23. The Kier molecular flexibility index (Phi) is 5.80. The van der Waals surface area contributed by atoms with E-state index in [9.17, 15) is 13.2 Å². The van der Waals surface area contributed by atoms with Crippen LogP contribution in [0.2, 0.25) is 15.3 Å². The molecule has 0 radical (unpaired) electrons. The van der Waals surface area contributed by atoms with Gasteiger partial charge in [-0.15, -0.1) is 0 Å². The minimum Gasteiger partial charge on any atom is -0.497 e. The molecule has 3 aromatic rings. The van der Waals surface area contributed by atoms with Crippen LogP contribution in [0.5, 0.6) is 5.75 Å². The number of nitrogens with one attached hydrogen (secondary N) is 1. The third kappa shape index (κ3) is 4.39. The zero-order valence-electron chi connectivity index (χ0n) is 14.1. The molecule has 0 unspecified atom stereocenters. The van der Waals surface area contributed by atoms with E-state index >= 15 is 0 Å². The molecule has 12 heteroatoms. The monoisotopic (exact) mass is 460 g/mol. The van der Waals surface area contributed by atoms with E-state index in [4.69, 9.17) is 39.5 Å². The van der Waals surface area contributed by atoms with Crippen LogP contribution in [-0.2, 0) is 10.0 Å². The van der Waals surface area contributed by atoms with Crippen molar-refractivity contribution in [2.75, 3.05) is 7.11 Å². The van der Waals surface area contributed by atoms with Gasteiger partial charge in [0, 0.05) is 12.3 Å². The fraction of sp³-hybridized carbons (Fsp3) is 0.0625. The molecule has 1 aromatic carbocycles. The highest BCUT2D eigenvalue weighted by molar-refractivity contribution is 7.90. The Balaban J connectivity index is 1.86. The number of methoxy groups -OCH3 is 1. The molecule has 2 aromatic heterocycles. The molecule has 0 atom stereocenters. The van der Waals surface area contributed by atoms with Gasteiger partial charge in [-0.05, 0) is 24.3 Å². The van der Waals surface area contributed by atoms with Gasteiger partial charge >= 0.3 is 0 Å². The van der Waals surface area contributed by atoms with Crippen molar-refractivity contribution in [2.24, 2.45) is 0 Å². The van der Waals surface area contributed by atoms with Gasteiger partial charge in [0.15, 0.2) is 0 Å². The quantitative estimate of drug-likeness (QED) is 0.584. The summed E-state index contributed by atoms with van der Waals surface area (Å²) >= 11 is 17.7. The molecule has 0 bridgehead atoms. The Morgan fingerprint density at radius 2 is 1.82 bits per heavy atom. The smallest absolute Gasteiger partial charge is 0.285 e. The highest BCUT2D eigenvalue weighted by atomic mass is 35.5. The van der Waals surface area contributed by atoms with E-state index in [0.717, 1.165) is 0 Å². The first-order valence-corrected chi connectivity index (χ1v) is 10.1. The number of carbonyl (C=O) groups excluding carboxylic acids is 1. The van der Waals surface area contributed by atoms with Gasteiger partial charge in [0.25, 0.3) is 15.9 Å². The van der Waals surface area contributed by atoms with Crippen LogP contribution in [0.4, 0.5) is 0 Å². The van der Waals surface area contributed by atoms with Crippen molar-refractivity contribution in [1.29, 1.82) is 0 Å². The Morgan fingerprint density at radius 1 is 1.14 bits per heavy atom. The number of ether oxygens (including phenoxy) is 1. The van der Waals surface area contributed by atoms with E-state index in [1.807, 2.05) is 4.72 Å². The lowest BCUT2D eigenvalue weighted by Gasteiger charge is -2.09. The predicted molar refractivity (Wildman–Crippen MR) is 104 cm³/mol. The van der Waals surface area contributed by atoms with Crippen molar-refractivity contribution in [3.63, 3.8) is 0 Å². The van der Waals surface area contributed by atoms with E-state index in [1.54, 1.807) is 0 Å². The predicted octanol–water partition coefficient (Wildman–Crippen LogP) is 3.35. The first kappa shape index (κ1) is 20.4. The second-order valence-corrected chi connectivity index (χ2v) is 8.20. The van der Waals surface area contributed by atoms with Crippen LogP contribution in [0, 0.1) is 0 Å². The molecule has 0 aliphatic heterocycles. The normalized spacial score (nSPS) is 11.3. The Labute approximate surface area is 175 Å². The maximum atomic E-state index is 12.5. The molecular formula is C16H11Cl3N4O4S. The van der Waals surface area contributed by atoms with Crippen molar-refractivity contribution < 1.29 is 17.9 Å². The maximum absolute atomic E-state index is 12.5. The number of rotatable bonds is 5. The fourth-order valence-corrected chi connectivity index (χ4v) is 4.15. The maximum Gasteiger partial charge on any atom is 0.285 e. The minimum atomic E-state index is -4.25. The van der Waals surface area contributed by atoms with E-state index in [1.165, 1.54) is 54.5 Å². The molecule has 8 nitrogen and oxygen atoms in total. The SMILES string of the molecule is COc1ccc(Cl)c(S(=O)(=O)NC(=O)c2cn(-c3cc(Cl)nc(Cl)c3)cn2)c1. The molecule has 146 valence electrons. The average molecular weight is 462 g/mol. The van der Waals surface area contributed by atoms with Crippen LogP contribution in [0.15, 0.2) is 47.8 Å². The summed E-state index contributed by atoms with van der Waals surface area (Å²) in [6, 6.07) is 7.06. The van der Waals surface area contributed by atoms with E-state index in [0.29, 0.717) is 5.69 Å². The van der Waals surface area contributed by atoms with Crippen LogP contribution in [-0.4, -0.2) is 36.0 Å². The number of carbonyl (C=O) groups is 1. The molecule has 0 fully saturated rings. The van der Waals surface area contributed by atoms with E-state index in [-0.39, 0.29) is 31.7 Å². The second kappa shape index (κ2) is 7.96. The lowest BCUT2D eigenvalue weighted by atomic mass is 10.3. The number of imidazole rings is 1. The van der Waals surface area contributed by atoms with Gasteiger partial charge < -0.3 is 9.30 Å².